The maximum atomic E-state index is 9.33. The molecular formula is C19H14N4S. The highest BCUT2D eigenvalue weighted by Gasteiger charge is 2.21. The van der Waals surface area contributed by atoms with Gasteiger partial charge in [0.25, 0.3) is 0 Å². The van der Waals surface area contributed by atoms with E-state index in [-0.39, 0.29) is 0 Å². The van der Waals surface area contributed by atoms with Crippen molar-refractivity contribution in [2.24, 2.45) is 0 Å². The molecule has 0 unspecified atom stereocenters. The quantitative estimate of drug-likeness (QED) is 0.714. The van der Waals surface area contributed by atoms with E-state index in [0.717, 1.165) is 16.8 Å². The maximum Gasteiger partial charge on any atom is 0.101 e. The molecule has 1 aliphatic rings. The van der Waals surface area contributed by atoms with Crippen molar-refractivity contribution >= 4 is 17.3 Å². The molecule has 0 bridgehead atoms. The molecular weight excluding hydrogens is 316 g/mol. The summed E-state index contributed by atoms with van der Waals surface area (Å²) in [5, 5.41) is 19.2. The van der Waals surface area contributed by atoms with Crippen LogP contribution in [0.1, 0.15) is 30.4 Å². The molecule has 1 fully saturated rings. The summed E-state index contributed by atoms with van der Waals surface area (Å²) in [4.78, 5) is 5.49. The SMILES string of the molecule is N#Cc1cc2c(C#N)ccc(-c3cnccc3SC3CCC3)n2c1. The Morgan fingerprint density at radius 2 is 2.04 bits per heavy atom. The van der Waals surface area contributed by atoms with Gasteiger partial charge in [0.15, 0.2) is 0 Å². The number of rotatable bonds is 3. The van der Waals surface area contributed by atoms with E-state index in [9.17, 15) is 10.5 Å². The Morgan fingerprint density at radius 1 is 1.17 bits per heavy atom. The molecule has 0 amide bonds. The third-order valence-electron chi connectivity index (χ3n) is 4.42. The molecule has 3 aromatic heterocycles. The second kappa shape index (κ2) is 6.03. The third kappa shape index (κ3) is 2.44. The van der Waals surface area contributed by atoms with Crippen molar-refractivity contribution in [2.45, 2.75) is 29.4 Å². The molecule has 0 aromatic carbocycles. The van der Waals surface area contributed by atoms with Crippen LogP contribution in [-0.4, -0.2) is 14.6 Å². The van der Waals surface area contributed by atoms with Crippen LogP contribution in [0.2, 0.25) is 0 Å². The minimum absolute atomic E-state index is 0.552. The van der Waals surface area contributed by atoms with E-state index >= 15 is 0 Å². The Labute approximate surface area is 144 Å². The molecule has 0 N–H and O–H groups in total. The van der Waals surface area contributed by atoms with Gasteiger partial charge >= 0.3 is 0 Å². The van der Waals surface area contributed by atoms with E-state index in [4.69, 9.17) is 0 Å². The third-order valence-corrected chi connectivity index (χ3v) is 5.83. The highest BCUT2D eigenvalue weighted by Crippen LogP contribution is 2.40. The molecule has 4 rings (SSSR count). The van der Waals surface area contributed by atoms with Gasteiger partial charge in [-0.3, -0.25) is 4.98 Å². The largest absolute Gasteiger partial charge is 0.314 e. The Balaban J connectivity index is 1.90. The van der Waals surface area contributed by atoms with Crippen molar-refractivity contribution < 1.29 is 0 Å². The van der Waals surface area contributed by atoms with Crippen LogP contribution < -0.4 is 0 Å². The van der Waals surface area contributed by atoms with Crippen LogP contribution >= 0.6 is 11.8 Å². The summed E-state index contributed by atoms with van der Waals surface area (Å²) in [7, 11) is 0. The normalized spacial score (nSPS) is 14.1. The monoisotopic (exact) mass is 330 g/mol. The number of nitrogens with zero attached hydrogens (tertiary/aromatic N) is 4. The van der Waals surface area contributed by atoms with Crippen LogP contribution in [0.25, 0.3) is 16.8 Å². The second-order valence-electron chi connectivity index (χ2n) is 5.88. The van der Waals surface area contributed by atoms with Gasteiger partial charge in [-0.25, -0.2) is 0 Å². The standard InChI is InChI=1S/C19H14N4S/c20-9-13-8-18-14(10-21)4-5-17(23(18)12-13)16-11-22-7-6-19(16)24-15-2-1-3-15/h4-8,11-12,15H,1-3H2. The summed E-state index contributed by atoms with van der Waals surface area (Å²) in [5.41, 5.74) is 3.88. The molecule has 0 radical (unpaired) electrons. The first kappa shape index (κ1) is 14.8. The number of fused-ring (bicyclic) bond motifs is 1. The second-order valence-corrected chi connectivity index (χ2v) is 7.22. The molecule has 1 saturated carbocycles. The predicted octanol–water partition coefficient (Wildman–Crippen LogP) is 4.39. The molecule has 4 nitrogen and oxygen atoms in total. The first-order chi connectivity index (χ1) is 11.8. The number of thioether (sulfide) groups is 1. The summed E-state index contributed by atoms with van der Waals surface area (Å²) < 4.78 is 1.93. The fraction of sp³-hybridized carbons (Fsp3) is 0.211. The zero-order valence-electron chi connectivity index (χ0n) is 12.9. The van der Waals surface area contributed by atoms with E-state index in [1.807, 2.05) is 40.7 Å². The molecule has 116 valence electrons. The molecule has 0 aliphatic heterocycles. The van der Waals surface area contributed by atoms with Crippen LogP contribution in [0.5, 0.6) is 0 Å². The van der Waals surface area contributed by atoms with Gasteiger partial charge in [-0.2, -0.15) is 10.5 Å². The van der Waals surface area contributed by atoms with Crippen LogP contribution in [0.4, 0.5) is 0 Å². The molecule has 0 spiro atoms. The zero-order chi connectivity index (χ0) is 16.5. The Morgan fingerprint density at radius 3 is 2.75 bits per heavy atom. The van der Waals surface area contributed by atoms with Gasteiger partial charge in [0, 0.05) is 34.3 Å². The molecule has 0 atom stereocenters. The van der Waals surface area contributed by atoms with E-state index in [1.54, 1.807) is 12.3 Å². The van der Waals surface area contributed by atoms with Crippen molar-refractivity contribution in [1.82, 2.24) is 9.38 Å². The smallest absolute Gasteiger partial charge is 0.101 e. The Bertz CT molecular complexity index is 1000. The molecule has 1 aliphatic carbocycles. The summed E-state index contributed by atoms with van der Waals surface area (Å²) >= 11 is 1.90. The minimum atomic E-state index is 0.552. The molecule has 3 aromatic rings. The van der Waals surface area contributed by atoms with Crippen molar-refractivity contribution in [3.8, 4) is 23.4 Å². The van der Waals surface area contributed by atoms with Gasteiger partial charge in [0.05, 0.1) is 22.3 Å². The summed E-state index contributed by atoms with van der Waals surface area (Å²) in [6, 6.07) is 11.9. The van der Waals surface area contributed by atoms with E-state index in [2.05, 4.69) is 23.2 Å². The van der Waals surface area contributed by atoms with Crippen molar-refractivity contribution in [2.75, 3.05) is 0 Å². The maximum absolute atomic E-state index is 9.33. The number of aromatic nitrogens is 2. The van der Waals surface area contributed by atoms with E-state index in [1.165, 1.54) is 24.2 Å². The lowest BCUT2D eigenvalue weighted by Gasteiger charge is -2.25. The minimum Gasteiger partial charge on any atom is -0.314 e. The van der Waals surface area contributed by atoms with Gasteiger partial charge in [-0.05, 0) is 37.1 Å². The summed E-state index contributed by atoms with van der Waals surface area (Å²) in [5.74, 6) is 0. The Kier molecular flexibility index (Phi) is 3.72. The topological polar surface area (TPSA) is 64.9 Å². The van der Waals surface area contributed by atoms with Crippen LogP contribution in [0.15, 0.2) is 47.8 Å². The lowest BCUT2D eigenvalue weighted by Crippen LogP contribution is -2.13. The summed E-state index contributed by atoms with van der Waals surface area (Å²) in [6.07, 6.45) is 9.31. The Hall–Kier alpha value is -2.76. The molecule has 5 heteroatoms. The van der Waals surface area contributed by atoms with Crippen LogP contribution in [0, 0.1) is 22.7 Å². The first-order valence-electron chi connectivity index (χ1n) is 7.86. The number of pyridine rings is 2. The van der Waals surface area contributed by atoms with Gasteiger partial charge in [0.1, 0.15) is 12.1 Å². The first-order valence-corrected chi connectivity index (χ1v) is 8.74. The van der Waals surface area contributed by atoms with Crippen molar-refractivity contribution in [1.29, 1.82) is 10.5 Å². The van der Waals surface area contributed by atoms with Crippen molar-refractivity contribution in [3.05, 3.63) is 54.0 Å². The van der Waals surface area contributed by atoms with Crippen LogP contribution in [-0.2, 0) is 0 Å². The number of hydrogen-bond acceptors (Lipinski definition) is 4. The zero-order valence-corrected chi connectivity index (χ0v) is 13.8. The van der Waals surface area contributed by atoms with Crippen molar-refractivity contribution in [3.63, 3.8) is 0 Å². The lowest BCUT2D eigenvalue weighted by molar-refractivity contribution is 0.522. The van der Waals surface area contributed by atoms with Gasteiger partial charge in [-0.15, -0.1) is 11.8 Å². The summed E-state index contributed by atoms with van der Waals surface area (Å²) in [6.45, 7) is 0. The molecule has 0 saturated heterocycles. The number of nitriles is 2. The number of hydrogen-bond donors (Lipinski definition) is 0. The van der Waals surface area contributed by atoms with E-state index in [0.29, 0.717) is 16.4 Å². The highest BCUT2D eigenvalue weighted by atomic mass is 32.2. The molecule has 3 heterocycles. The van der Waals surface area contributed by atoms with Crippen LogP contribution in [0.3, 0.4) is 0 Å². The average molecular weight is 330 g/mol. The predicted molar refractivity (Wildman–Crippen MR) is 93.6 cm³/mol. The fourth-order valence-corrected chi connectivity index (χ4v) is 4.27. The van der Waals surface area contributed by atoms with E-state index < -0.39 is 0 Å². The lowest BCUT2D eigenvalue weighted by atomic mass is 10.00. The van der Waals surface area contributed by atoms with Gasteiger partial charge < -0.3 is 4.40 Å². The fourth-order valence-electron chi connectivity index (χ4n) is 2.92. The molecule has 24 heavy (non-hydrogen) atoms. The van der Waals surface area contributed by atoms with Gasteiger partial charge in [-0.1, -0.05) is 6.42 Å². The average Bonchev–Trinajstić information content (AvgIpc) is 3.02. The highest BCUT2D eigenvalue weighted by molar-refractivity contribution is 8.00. The van der Waals surface area contributed by atoms with Gasteiger partial charge in [0.2, 0.25) is 0 Å².